The summed E-state index contributed by atoms with van der Waals surface area (Å²) in [6.07, 6.45) is 3.39. The van der Waals surface area contributed by atoms with Gasteiger partial charge in [0.2, 0.25) is 5.91 Å². The number of halogens is 1. The van der Waals surface area contributed by atoms with Crippen molar-refractivity contribution in [3.8, 4) is 22.8 Å². The number of anilines is 1. The molecule has 7 nitrogen and oxygen atoms in total. The van der Waals surface area contributed by atoms with Crippen molar-refractivity contribution in [2.45, 2.75) is 5.16 Å². The van der Waals surface area contributed by atoms with Gasteiger partial charge in [-0.3, -0.25) is 14.3 Å². The van der Waals surface area contributed by atoms with Crippen LogP contribution in [0.3, 0.4) is 0 Å². The van der Waals surface area contributed by atoms with Crippen LogP contribution in [0.1, 0.15) is 0 Å². The number of thioether (sulfide) groups is 1. The molecule has 0 fully saturated rings. The summed E-state index contributed by atoms with van der Waals surface area (Å²) in [5.74, 6) is 0.796. The molecule has 31 heavy (non-hydrogen) atoms. The standard InChI is InChI=1S/C22H18FN5O2S/c1-30-19-6-2-5-18(12-19)28-21(15-4-3-11-24-13-15)26-27-22(28)31-14-20(29)25-17-9-7-16(23)8-10-17/h2-13H,14H2,1H3,(H,25,29). The summed E-state index contributed by atoms with van der Waals surface area (Å²) in [6.45, 7) is 0. The zero-order chi connectivity index (χ0) is 21.6. The molecular weight excluding hydrogens is 417 g/mol. The largest absolute Gasteiger partial charge is 0.497 e. The van der Waals surface area contributed by atoms with Crippen molar-refractivity contribution in [3.63, 3.8) is 0 Å². The van der Waals surface area contributed by atoms with Crippen LogP contribution in [0, 0.1) is 5.82 Å². The second kappa shape index (κ2) is 9.40. The lowest BCUT2D eigenvalue weighted by molar-refractivity contribution is -0.113. The highest BCUT2D eigenvalue weighted by atomic mass is 32.2. The van der Waals surface area contributed by atoms with E-state index in [9.17, 15) is 9.18 Å². The molecule has 0 saturated carbocycles. The number of rotatable bonds is 7. The molecule has 0 bridgehead atoms. The maximum atomic E-state index is 13.0. The van der Waals surface area contributed by atoms with Gasteiger partial charge in [0, 0.05) is 29.7 Å². The molecule has 2 aromatic heterocycles. The summed E-state index contributed by atoms with van der Waals surface area (Å²) >= 11 is 1.24. The average Bonchev–Trinajstić information content (AvgIpc) is 3.24. The lowest BCUT2D eigenvalue weighted by Crippen LogP contribution is -2.14. The first-order chi connectivity index (χ1) is 15.1. The minimum atomic E-state index is -0.360. The molecule has 156 valence electrons. The number of pyridine rings is 1. The van der Waals surface area contributed by atoms with E-state index >= 15 is 0 Å². The van der Waals surface area contributed by atoms with Crippen LogP contribution < -0.4 is 10.1 Å². The molecule has 1 N–H and O–H groups in total. The first-order valence-corrected chi connectivity index (χ1v) is 10.3. The molecule has 4 rings (SSSR count). The number of benzene rings is 2. The lowest BCUT2D eigenvalue weighted by Gasteiger charge is -2.11. The Balaban J connectivity index is 1.60. The molecule has 0 aliphatic heterocycles. The number of hydrogen-bond acceptors (Lipinski definition) is 6. The number of hydrogen-bond donors (Lipinski definition) is 1. The van der Waals surface area contributed by atoms with Crippen LogP contribution in [-0.4, -0.2) is 38.5 Å². The molecule has 2 heterocycles. The van der Waals surface area contributed by atoms with Crippen molar-refractivity contribution < 1.29 is 13.9 Å². The van der Waals surface area contributed by atoms with Crippen molar-refractivity contribution in [2.24, 2.45) is 0 Å². The Morgan fingerprint density at radius 3 is 2.71 bits per heavy atom. The Labute approximate surface area is 182 Å². The average molecular weight is 435 g/mol. The maximum Gasteiger partial charge on any atom is 0.234 e. The van der Waals surface area contributed by atoms with E-state index < -0.39 is 0 Å². The first-order valence-electron chi connectivity index (χ1n) is 9.32. The van der Waals surface area contributed by atoms with E-state index in [1.807, 2.05) is 41.0 Å². The monoisotopic (exact) mass is 435 g/mol. The summed E-state index contributed by atoms with van der Waals surface area (Å²) in [7, 11) is 1.60. The predicted molar refractivity (Wildman–Crippen MR) is 117 cm³/mol. The summed E-state index contributed by atoms with van der Waals surface area (Å²) in [6, 6.07) is 16.8. The van der Waals surface area contributed by atoms with E-state index in [0.29, 0.717) is 22.4 Å². The van der Waals surface area contributed by atoms with E-state index in [1.165, 1.54) is 36.0 Å². The Hall–Kier alpha value is -3.72. The number of nitrogens with one attached hydrogen (secondary N) is 1. The van der Waals surface area contributed by atoms with Crippen molar-refractivity contribution >= 4 is 23.4 Å². The van der Waals surface area contributed by atoms with Crippen molar-refractivity contribution in [1.29, 1.82) is 0 Å². The number of carbonyl (C=O) groups excluding carboxylic acids is 1. The van der Waals surface area contributed by atoms with Gasteiger partial charge in [-0.15, -0.1) is 10.2 Å². The van der Waals surface area contributed by atoms with Gasteiger partial charge in [-0.05, 0) is 48.5 Å². The molecule has 9 heteroatoms. The van der Waals surface area contributed by atoms with E-state index in [-0.39, 0.29) is 17.5 Å². The van der Waals surface area contributed by atoms with Crippen molar-refractivity contribution in [3.05, 3.63) is 78.9 Å². The molecule has 1 amide bonds. The third kappa shape index (κ3) is 4.89. The third-order valence-electron chi connectivity index (χ3n) is 4.32. The van der Waals surface area contributed by atoms with Crippen LogP contribution in [0.2, 0.25) is 0 Å². The van der Waals surface area contributed by atoms with Crippen LogP contribution >= 0.6 is 11.8 Å². The minimum absolute atomic E-state index is 0.104. The Morgan fingerprint density at radius 1 is 1.13 bits per heavy atom. The molecule has 0 radical (unpaired) electrons. The van der Waals surface area contributed by atoms with Crippen LogP contribution in [0.4, 0.5) is 10.1 Å². The number of amides is 1. The topological polar surface area (TPSA) is 81.9 Å². The van der Waals surface area contributed by atoms with Crippen LogP contribution in [0.25, 0.3) is 17.1 Å². The Morgan fingerprint density at radius 2 is 1.97 bits per heavy atom. The molecule has 0 unspecified atom stereocenters. The highest BCUT2D eigenvalue weighted by Crippen LogP contribution is 2.29. The van der Waals surface area contributed by atoms with Gasteiger partial charge in [0.05, 0.1) is 18.6 Å². The highest BCUT2D eigenvalue weighted by Gasteiger charge is 2.18. The summed E-state index contributed by atoms with van der Waals surface area (Å²) in [5, 5.41) is 11.9. The van der Waals surface area contributed by atoms with E-state index in [1.54, 1.807) is 19.5 Å². The van der Waals surface area contributed by atoms with Crippen molar-refractivity contribution in [1.82, 2.24) is 19.7 Å². The van der Waals surface area contributed by atoms with Crippen LogP contribution in [0.5, 0.6) is 5.75 Å². The quantitative estimate of drug-likeness (QED) is 0.438. The highest BCUT2D eigenvalue weighted by molar-refractivity contribution is 7.99. The summed E-state index contributed by atoms with van der Waals surface area (Å²) in [5.41, 5.74) is 2.11. The SMILES string of the molecule is COc1cccc(-n2c(SCC(=O)Nc3ccc(F)cc3)nnc2-c2cccnc2)c1. The maximum absolute atomic E-state index is 13.0. The third-order valence-corrected chi connectivity index (χ3v) is 5.25. The number of ether oxygens (including phenoxy) is 1. The minimum Gasteiger partial charge on any atom is -0.497 e. The Bertz CT molecular complexity index is 1180. The molecule has 0 saturated heterocycles. The zero-order valence-corrected chi connectivity index (χ0v) is 17.3. The fourth-order valence-electron chi connectivity index (χ4n) is 2.89. The first kappa shape index (κ1) is 20.5. The molecule has 0 aliphatic carbocycles. The van der Waals surface area contributed by atoms with Gasteiger partial charge in [-0.1, -0.05) is 17.8 Å². The number of methoxy groups -OCH3 is 1. The second-order valence-electron chi connectivity index (χ2n) is 6.43. The Kier molecular flexibility index (Phi) is 6.23. The number of aromatic nitrogens is 4. The lowest BCUT2D eigenvalue weighted by atomic mass is 10.2. The summed E-state index contributed by atoms with van der Waals surface area (Å²) < 4.78 is 20.3. The van der Waals surface area contributed by atoms with Gasteiger partial charge < -0.3 is 10.1 Å². The van der Waals surface area contributed by atoms with Gasteiger partial charge in [0.1, 0.15) is 11.6 Å². The fraction of sp³-hybridized carbons (Fsp3) is 0.0909. The van der Waals surface area contributed by atoms with Gasteiger partial charge in [0.15, 0.2) is 11.0 Å². The molecule has 0 aliphatic rings. The van der Waals surface area contributed by atoms with E-state index in [4.69, 9.17) is 4.74 Å². The zero-order valence-electron chi connectivity index (χ0n) is 16.5. The van der Waals surface area contributed by atoms with Gasteiger partial charge in [-0.25, -0.2) is 4.39 Å². The van der Waals surface area contributed by atoms with Gasteiger partial charge in [-0.2, -0.15) is 0 Å². The fourth-order valence-corrected chi connectivity index (χ4v) is 3.64. The van der Waals surface area contributed by atoms with E-state index in [2.05, 4.69) is 20.5 Å². The van der Waals surface area contributed by atoms with Crippen LogP contribution in [-0.2, 0) is 4.79 Å². The number of carbonyl (C=O) groups is 1. The summed E-state index contributed by atoms with van der Waals surface area (Å²) in [4.78, 5) is 16.5. The molecule has 2 aromatic carbocycles. The second-order valence-corrected chi connectivity index (χ2v) is 7.37. The van der Waals surface area contributed by atoms with Gasteiger partial charge in [0.25, 0.3) is 0 Å². The molecular formula is C22H18FN5O2S. The predicted octanol–water partition coefficient (Wildman–Crippen LogP) is 4.21. The van der Waals surface area contributed by atoms with Crippen molar-refractivity contribution in [2.75, 3.05) is 18.2 Å². The normalized spacial score (nSPS) is 10.6. The van der Waals surface area contributed by atoms with E-state index in [0.717, 1.165) is 11.3 Å². The van der Waals surface area contributed by atoms with Crippen LogP contribution in [0.15, 0.2) is 78.2 Å². The van der Waals surface area contributed by atoms with Gasteiger partial charge >= 0.3 is 0 Å². The molecule has 0 atom stereocenters. The molecule has 4 aromatic rings. The number of nitrogens with zero attached hydrogens (tertiary/aromatic N) is 4. The molecule has 0 spiro atoms. The smallest absolute Gasteiger partial charge is 0.234 e.